The van der Waals surface area contributed by atoms with Gasteiger partial charge in [0.15, 0.2) is 5.16 Å². The number of benzene rings is 2. The van der Waals surface area contributed by atoms with E-state index in [0.29, 0.717) is 32.9 Å². The number of thioether (sulfide) groups is 1. The number of aromatic nitrogens is 2. The van der Waals surface area contributed by atoms with Gasteiger partial charge in [-0.3, -0.25) is 9.59 Å². The van der Waals surface area contributed by atoms with Gasteiger partial charge in [0.1, 0.15) is 0 Å². The minimum absolute atomic E-state index is 0.0264. The fourth-order valence-corrected chi connectivity index (χ4v) is 3.79. The average molecular weight is 414 g/mol. The van der Waals surface area contributed by atoms with Crippen molar-refractivity contribution in [2.24, 2.45) is 0 Å². The number of hydrogen-bond donors (Lipinski definition) is 2. The van der Waals surface area contributed by atoms with E-state index in [0.717, 1.165) is 11.1 Å². The molecule has 0 fully saturated rings. The van der Waals surface area contributed by atoms with Crippen molar-refractivity contribution in [3.05, 3.63) is 86.3 Å². The summed E-state index contributed by atoms with van der Waals surface area (Å²) >= 11 is 7.41. The number of nitrogens with zero attached hydrogens (tertiary/aromatic N) is 1. The van der Waals surface area contributed by atoms with Crippen molar-refractivity contribution in [1.82, 2.24) is 9.97 Å². The summed E-state index contributed by atoms with van der Waals surface area (Å²) in [6.45, 7) is 3.70. The lowest BCUT2D eigenvalue weighted by atomic mass is 10.1. The highest BCUT2D eigenvalue weighted by molar-refractivity contribution is 7.98. The van der Waals surface area contributed by atoms with Gasteiger partial charge in [-0.25, -0.2) is 4.98 Å². The first kappa shape index (κ1) is 20.2. The second-order valence-electron chi connectivity index (χ2n) is 6.45. The Balaban J connectivity index is 1.67. The van der Waals surface area contributed by atoms with Crippen LogP contribution in [-0.4, -0.2) is 15.9 Å². The van der Waals surface area contributed by atoms with E-state index in [9.17, 15) is 9.59 Å². The number of nitrogens with one attached hydrogen (secondary N) is 2. The standard InChI is InChI=1S/C21H20ClN3O2S/c1-13-5-3-8-17(9-13)24-19(26)11-18-14(2)23-21(25-20(18)27)28-12-15-6-4-7-16(22)10-15/h3-10H,11-12H2,1-2H3,(H,24,26)(H,23,25,27). The molecule has 28 heavy (non-hydrogen) atoms. The fraction of sp³-hybridized carbons (Fsp3) is 0.190. The molecule has 7 heteroatoms. The fourth-order valence-electron chi connectivity index (χ4n) is 2.73. The minimum atomic E-state index is -0.291. The maximum Gasteiger partial charge on any atom is 0.255 e. The van der Waals surface area contributed by atoms with Crippen LogP contribution < -0.4 is 10.9 Å². The van der Waals surface area contributed by atoms with Crippen LogP contribution in [0.25, 0.3) is 0 Å². The molecule has 5 nitrogen and oxygen atoms in total. The number of aryl methyl sites for hydroxylation is 2. The van der Waals surface area contributed by atoms with Crippen LogP contribution in [0.4, 0.5) is 5.69 Å². The van der Waals surface area contributed by atoms with E-state index >= 15 is 0 Å². The largest absolute Gasteiger partial charge is 0.326 e. The molecule has 3 aromatic rings. The molecule has 0 saturated carbocycles. The first-order valence-electron chi connectivity index (χ1n) is 8.74. The molecule has 2 aromatic carbocycles. The van der Waals surface area contributed by atoms with Crippen molar-refractivity contribution < 1.29 is 4.79 Å². The molecule has 0 aliphatic heterocycles. The second-order valence-corrected chi connectivity index (χ2v) is 7.85. The number of amides is 1. The highest BCUT2D eigenvalue weighted by Crippen LogP contribution is 2.21. The smallest absolute Gasteiger partial charge is 0.255 e. The van der Waals surface area contributed by atoms with E-state index in [1.165, 1.54) is 11.8 Å². The Kier molecular flexibility index (Phi) is 6.54. The van der Waals surface area contributed by atoms with Crippen LogP contribution in [0.2, 0.25) is 5.02 Å². The maximum atomic E-state index is 12.5. The van der Waals surface area contributed by atoms with E-state index in [-0.39, 0.29) is 17.9 Å². The molecule has 0 unspecified atom stereocenters. The van der Waals surface area contributed by atoms with E-state index in [1.54, 1.807) is 6.92 Å². The Hall–Kier alpha value is -2.57. The summed E-state index contributed by atoms with van der Waals surface area (Å²) in [6, 6.07) is 15.1. The van der Waals surface area contributed by atoms with Crippen LogP contribution in [0.15, 0.2) is 58.5 Å². The van der Waals surface area contributed by atoms with Gasteiger partial charge in [-0.15, -0.1) is 0 Å². The molecule has 3 rings (SSSR count). The molecular weight excluding hydrogens is 394 g/mol. The summed E-state index contributed by atoms with van der Waals surface area (Å²) in [4.78, 5) is 32.0. The summed E-state index contributed by atoms with van der Waals surface area (Å²) in [5.41, 5.74) is 3.43. The zero-order valence-electron chi connectivity index (χ0n) is 15.6. The van der Waals surface area contributed by atoms with Crippen LogP contribution in [-0.2, 0) is 17.0 Å². The molecule has 0 saturated heterocycles. The normalized spacial score (nSPS) is 10.7. The van der Waals surface area contributed by atoms with Gasteiger partial charge < -0.3 is 10.3 Å². The molecule has 2 N–H and O–H groups in total. The maximum absolute atomic E-state index is 12.5. The van der Waals surface area contributed by atoms with Crippen LogP contribution in [0, 0.1) is 13.8 Å². The molecule has 1 aromatic heterocycles. The Bertz CT molecular complexity index is 1070. The Morgan fingerprint density at radius 2 is 1.96 bits per heavy atom. The van der Waals surface area contributed by atoms with Crippen LogP contribution in [0.5, 0.6) is 0 Å². The van der Waals surface area contributed by atoms with E-state index < -0.39 is 0 Å². The lowest BCUT2D eigenvalue weighted by Crippen LogP contribution is -2.23. The Labute approximate surface area is 172 Å². The van der Waals surface area contributed by atoms with Gasteiger partial charge in [0.2, 0.25) is 5.91 Å². The van der Waals surface area contributed by atoms with E-state index in [4.69, 9.17) is 11.6 Å². The number of anilines is 1. The van der Waals surface area contributed by atoms with Gasteiger partial charge in [0.25, 0.3) is 5.56 Å². The summed E-state index contributed by atoms with van der Waals surface area (Å²) in [5, 5.41) is 4.01. The molecule has 1 heterocycles. The van der Waals surface area contributed by atoms with Crippen LogP contribution >= 0.6 is 23.4 Å². The first-order valence-corrected chi connectivity index (χ1v) is 10.1. The zero-order chi connectivity index (χ0) is 20.1. The highest BCUT2D eigenvalue weighted by atomic mass is 35.5. The average Bonchev–Trinajstić information content (AvgIpc) is 2.63. The Morgan fingerprint density at radius 3 is 2.68 bits per heavy atom. The van der Waals surface area contributed by atoms with Crippen molar-refractivity contribution in [2.45, 2.75) is 31.2 Å². The molecule has 0 radical (unpaired) electrons. The molecule has 0 atom stereocenters. The van der Waals surface area contributed by atoms with Gasteiger partial charge in [-0.05, 0) is 49.2 Å². The van der Waals surface area contributed by atoms with Gasteiger partial charge in [0.05, 0.1) is 6.42 Å². The number of hydrogen-bond acceptors (Lipinski definition) is 4. The molecule has 1 amide bonds. The molecule has 0 bridgehead atoms. The number of carbonyl (C=O) groups is 1. The third-order valence-corrected chi connectivity index (χ3v) is 5.28. The molecule has 144 valence electrons. The SMILES string of the molecule is Cc1cccc(NC(=O)Cc2c(C)nc(SCc3cccc(Cl)c3)[nH]c2=O)c1. The zero-order valence-corrected chi connectivity index (χ0v) is 17.2. The summed E-state index contributed by atoms with van der Waals surface area (Å²) in [7, 11) is 0. The highest BCUT2D eigenvalue weighted by Gasteiger charge is 2.13. The number of carbonyl (C=O) groups excluding carboxylic acids is 1. The molecule has 0 aliphatic rings. The van der Waals surface area contributed by atoms with Crippen molar-refractivity contribution in [3.8, 4) is 0 Å². The van der Waals surface area contributed by atoms with Crippen LogP contribution in [0.1, 0.15) is 22.4 Å². The number of halogens is 1. The Morgan fingerprint density at radius 1 is 1.18 bits per heavy atom. The summed E-state index contributed by atoms with van der Waals surface area (Å²) < 4.78 is 0. The molecule has 0 aliphatic carbocycles. The first-order chi connectivity index (χ1) is 13.4. The third-order valence-electron chi connectivity index (χ3n) is 4.10. The lowest BCUT2D eigenvalue weighted by Gasteiger charge is -2.09. The van der Waals surface area contributed by atoms with Crippen molar-refractivity contribution >= 4 is 35.0 Å². The lowest BCUT2D eigenvalue weighted by molar-refractivity contribution is -0.115. The number of aromatic amines is 1. The van der Waals surface area contributed by atoms with E-state index in [1.807, 2.05) is 55.5 Å². The molecule has 0 spiro atoms. The van der Waals surface area contributed by atoms with Crippen molar-refractivity contribution in [2.75, 3.05) is 5.32 Å². The van der Waals surface area contributed by atoms with Gasteiger partial charge >= 0.3 is 0 Å². The quantitative estimate of drug-likeness (QED) is 0.460. The van der Waals surface area contributed by atoms with Gasteiger partial charge in [-0.2, -0.15) is 0 Å². The van der Waals surface area contributed by atoms with Gasteiger partial charge in [-0.1, -0.05) is 47.6 Å². The van der Waals surface area contributed by atoms with Crippen molar-refractivity contribution in [3.63, 3.8) is 0 Å². The second kappa shape index (κ2) is 9.08. The van der Waals surface area contributed by atoms with E-state index in [2.05, 4.69) is 15.3 Å². The summed E-state index contributed by atoms with van der Waals surface area (Å²) in [6.07, 6.45) is -0.0264. The van der Waals surface area contributed by atoms with Crippen molar-refractivity contribution in [1.29, 1.82) is 0 Å². The number of rotatable bonds is 6. The monoisotopic (exact) mass is 413 g/mol. The van der Waals surface area contributed by atoms with Crippen LogP contribution in [0.3, 0.4) is 0 Å². The predicted octanol–water partition coefficient (Wildman–Crippen LogP) is 4.51. The molecular formula is C21H20ClN3O2S. The summed E-state index contributed by atoms with van der Waals surface area (Å²) in [5.74, 6) is 0.385. The van der Waals surface area contributed by atoms with Gasteiger partial charge in [0, 0.05) is 27.7 Å². The third kappa shape index (κ3) is 5.47. The number of H-pyrrole nitrogens is 1. The topological polar surface area (TPSA) is 74.8 Å². The minimum Gasteiger partial charge on any atom is -0.326 e. The predicted molar refractivity (Wildman–Crippen MR) is 114 cm³/mol.